The van der Waals surface area contributed by atoms with Crippen molar-refractivity contribution in [1.82, 2.24) is 0 Å². The van der Waals surface area contributed by atoms with Gasteiger partial charge in [0.2, 0.25) is 0 Å². The third-order valence-electron chi connectivity index (χ3n) is 2.61. The molecule has 0 radical (unpaired) electrons. The van der Waals surface area contributed by atoms with Crippen LogP contribution >= 0.6 is 11.8 Å². The normalized spacial score (nSPS) is 11.7. The summed E-state index contributed by atoms with van der Waals surface area (Å²) in [5, 5.41) is 8.65. The van der Waals surface area contributed by atoms with Crippen LogP contribution in [0.1, 0.15) is 31.4 Å². The van der Waals surface area contributed by atoms with Gasteiger partial charge in [0, 0.05) is 11.3 Å². The molecule has 92 valence electrons. The molecule has 0 aliphatic carbocycles. The molecular formula is C15H20OS. The van der Waals surface area contributed by atoms with Crippen LogP contribution in [0, 0.1) is 17.8 Å². The summed E-state index contributed by atoms with van der Waals surface area (Å²) >= 11 is 1.97. The van der Waals surface area contributed by atoms with E-state index in [1.54, 1.807) is 0 Å². The van der Waals surface area contributed by atoms with Crippen molar-refractivity contribution in [3.8, 4) is 11.8 Å². The summed E-state index contributed by atoms with van der Waals surface area (Å²) in [5.41, 5.74) is 2.30. The number of aliphatic hydroxyl groups excluding tert-OH is 1. The van der Waals surface area contributed by atoms with Crippen molar-refractivity contribution >= 4 is 11.8 Å². The van der Waals surface area contributed by atoms with Crippen LogP contribution in [0.4, 0.5) is 0 Å². The van der Waals surface area contributed by atoms with Crippen LogP contribution in [0.3, 0.4) is 0 Å². The van der Waals surface area contributed by atoms with E-state index >= 15 is 0 Å². The number of rotatable bonds is 5. The maximum atomic E-state index is 8.65. The number of hydrogen-bond acceptors (Lipinski definition) is 2. The van der Waals surface area contributed by atoms with E-state index in [4.69, 9.17) is 5.11 Å². The Morgan fingerprint density at radius 2 is 2.24 bits per heavy atom. The average Bonchev–Trinajstić information content (AvgIpc) is 2.36. The highest BCUT2D eigenvalue weighted by molar-refractivity contribution is 7.98. The third-order valence-corrected chi connectivity index (χ3v) is 3.95. The quantitative estimate of drug-likeness (QED) is 0.807. The van der Waals surface area contributed by atoms with Crippen LogP contribution in [-0.2, 0) is 5.75 Å². The highest BCUT2D eigenvalue weighted by Crippen LogP contribution is 2.17. The van der Waals surface area contributed by atoms with Gasteiger partial charge in [-0.2, -0.15) is 11.8 Å². The van der Waals surface area contributed by atoms with Gasteiger partial charge < -0.3 is 5.11 Å². The molecule has 1 nitrogen and oxygen atoms in total. The van der Waals surface area contributed by atoms with E-state index in [0.717, 1.165) is 17.2 Å². The maximum absolute atomic E-state index is 8.65. The minimum Gasteiger partial charge on any atom is -0.384 e. The first-order chi connectivity index (χ1) is 8.26. The Kier molecular flexibility index (Phi) is 6.84. The van der Waals surface area contributed by atoms with Gasteiger partial charge in [-0.05, 0) is 29.4 Å². The van der Waals surface area contributed by atoms with Crippen molar-refractivity contribution in [2.24, 2.45) is 5.92 Å². The van der Waals surface area contributed by atoms with Crippen molar-refractivity contribution in [1.29, 1.82) is 0 Å². The Morgan fingerprint density at radius 1 is 1.41 bits per heavy atom. The van der Waals surface area contributed by atoms with Crippen LogP contribution in [0.15, 0.2) is 24.3 Å². The molecule has 0 heterocycles. The Hall–Kier alpha value is -0.910. The molecule has 0 aliphatic heterocycles. The SMILES string of the molecule is CCC(C)CSCc1cccc(C#CCO)c1. The second kappa shape index (κ2) is 8.22. The smallest absolute Gasteiger partial charge is 0.104 e. The van der Waals surface area contributed by atoms with Gasteiger partial charge in [-0.25, -0.2) is 0 Å². The van der Waals surface area contributed by atoms with E-state index in [-0.39, 0.29) is 6.61 Å². The molecule has 0 saturated heterocycles. The highest BCUT2D eigenvalue weighted by Gasteiger charge is 2.00. The molecule has 2 heteroatoms. The summed E-state index contributed by atoms with van der Waals surface area (Å²) in [6.45, 7) is 4.44. The van der Waals surface area contributed by atoms with Gasteiger partial charge in [0.1, 0.15) is 6.61 Å². The van der Waals surface area contributed by atoms with Crippen molar-refractivity contribution in [2.45, 2.75) is 26.0 Å². The van der Waals surface area contributed by atoms with E-state index in [1.807, 2.05) is 23.9 Å². The standard InChI is InChI=1S/C15H20OS/c1-3-13(2)11-17-12-15-7-4-6-14(10-15)8-5-9-16/h4,6-7,10,13,16H,3,9,11-12H2,1-2H3. The van der Waals surface area contributed by atoms with Gasteiger partial charge >= 0.3 is 0 Å². The Labute approximate surface area is 109 Å². The first-order valence-corrected chi connectivity index (χ1v) is 7.18. The molecule has 0 aromatic heterocycles. The molecule has 0 spiro atoms. The third kappa shape index (κ3) is 5.81. The average molecular weight is 248 g/mol. The van der Waals surface area contributed by atoms with Gasteiger partial charge in [-0.15, -0.1) is 0 Å². The van der Waals surface area contributed by atoms with Crippen LogP contribution in [0.5, 0.6) is 0 Å². The molecule has 0 amide bonds. The molecule has 1 atom stereocenters. The minimum absolute atomic E-state index is 0.0764. The number of thioether (sulfide) groups is 1. The van der Waals surface area contributed by atoms with Crippen molar-refractivity contribution in [3.05, 3.63) is 35.4 Å². The van der Waals surface area contributed by atoms with Crippen molar-refractivity contribution in [3.63, 3.8) is 0 Å². The number of aliphatic hydroxyl groups is 1. The van der Waals surface area contributed by atoms with Gasteiger partial charge in [0.15, 0.2) is 0 Å². The molecule has 0 fully saturated rings. The first kappa shape index (κ1) is 14.2. The predicted molar refractivity (Wildman–Crippen MR) is 76.0 cm³/mol. The zero-order valence-corrected chi connectivity index (χ0v) is 11.4. The summed E-state index contributed by atoms with van der Waals surface area (Å²) in [6, 6.07) is 8.24. The number of hydrogen-bond donors (Lipinski definition) is 1. The maximum Gasteiger partial charge on any atom is 0.104 e. The van der Waals surface area contributed by atoms with E-state index < -0.39 is 0 Å². The van der Waals surface area contributed by atoms with E-state index in [1.165, 1.54) is 17.7 Å². The molecular weight excluding hydrogens is 228 g/mol. The van der Waals surface area contributed by atoms with Gasteiger partial charge in [-0.3, -0.25) is 0 Å². The van der Waals surface area contributed by atoms with Gasteiger partial charge in [0.25, 0.3) is 0 Å². The molecule has 1 N–H and O–H groups in total. The lowest BCUT2D eigenvalue weighted by atomic mass is 10.1. The summed E-state index contributed by atoms with van der Waals surface area (Å²) in [6.07, 6.45) is 1.25. The second-order valence-corrected chi connectivity index (χ2v) is 5.22. The van der Waals surface area contributed by atoms with Gasteiger partial charge in [-0.1, -0.05) is 44.2 Å². The molecule has 0 bridgehead atoms. The number of benzene rings is 1. The van der Waals surface area contributed by atoms with Crippen LogP contribution < -0.4 is 0 Å². The zero-order valence-electron chi connectivity index (χ0n) is 10.6. The predicted octanol–water partition coefficient (Wildman–Crippen LogP) is 3.31. The lowest BCUT2D eigenvalue weighted by Crippen LogP contribution is -1.96. The fourth-order valence-electron chi connectivity index (χ4n) is 1.38. The molecule has 0 aliphatic rings. The lowest BCUT2D eigenvalue weighted by molar-refractivity contribution is 0.350. The minimum atomic E-state index is -0.0764. The lowest BCUT2D eigenvalue weighted by Gasteiger charge is -2.07. The van der Waals surface area contributed by atoms with Crippen LogP contribution in [0.25, 0.3) is 0 Å². The van der Waals surface area contributed by atoms with E-state index in [0.29, 0.717) is 0 Å². The summed E-state index contributed by atoms with van der Waals surface area (Å²) in [7, 11) is 0. The first-order valence-electron chi connectivity index (χ1n) is 6.02. The fourth-order valence-corrected chi connectivity index (χ4v) is 2.55. The Morgan fingerprint density at radius 3 is 2.94 bits per heavy atom. The second-order valence-electron chi connectivity index (χ2n) is 4.19. The summed E-state index contributed by atoms with van der Waals surface area (Å²) in [4.78, 5) is 0. The van der Waals surface area contributed by atoms with Crippen molar-refractivity contribution < 1.29 is 5.11 Å². The highest BCUT2D eigenvalue weighted by atomic mass is 32.2. The zero-order chi connectivity index (χ0) is 12.5. The summed E-state index contributed by atoms with van der Waals surface area (Å²) in [5.74, 6) is 8.65. The molecule has 1 aromatic carbocycles. The van der Waals surface area contributed by atoms with E-state index in [2.05, 4.69) is 37.8 Å². The Balaban J connectivity index is 2.48. The fraction of sp³-hybridized carbons (Fsp3) is 0.467. The monoisotopic (exact) mass is 248 g/mol. The van der Waals surface area contributed by atoms with Crippen LogP contribution in [0.2, 0.25) is 0 Å². The topological polar surface area (TPSA) is 20.2 Å². The largest absolute Gasteiger partial charge is 0.384 e. The molecule has 1 aromatic rings. The summed E-state index contributed by atoms with van der Waals surface area (Å²) < 4.78 is 0. The molecule has 17 heavy (non-hydrogen) atoms. The molecule has 1 unspecified atom stereocenters. The van der Waals surface area contributed by atoms with Crippen LogP contribution in [-0.4, -0.2) is 17.5 Å². The molecule has 1 rings (SSSR count). The Bertz CT molecular complexity index is 389. The van der Waals surface area contributed by atoms with Crippen molar-refractivity contribution in [2.75, 3.05) is 12.4 Å². The molecule has 0 saturated carbocycles. The van der Waals surface area contributed by atoms with Gasteiger partial charge in [0.05, 0.1) is 0 Å². The van der Waals surface area contributed by atoms with E-state index in [9.17, 15) is 0 Å².